The van der Waals surface area contributed by atoms with Gasteiger partial charge in [-0.2, -0.15) is 18.4 Å². The summed E-state index contributed by atoms with van der Waals surface area (Å²) in [5, 5.41) is 12.4. The summed E-state index contributed by atoms with van der Waals surface area (Å²) in [6.07, 6.45) is -2.62. The molecule has 5 rings (SSSR count). The maximum Gasteiger partial charge on any atom is 0.417 e. The third kappa shape index (κ3) is 3.58. The SMILES string of the molecule is N#Cc1ccc(N2C(=O)C3(CCC3)N(c3ccc(N4CCNCC4)cc3)C2S)cc1C(F)(F)F. The summed E-state index contributed by atoms with van der Waals surface area (Å²) in [6, 6.07) is 12.9. The Morgan fingerprint density at radius 3 is 2.21 bits per heavy atom. The Morgan fingerprint density at radius 1 is 1.03 bits per heavy atom. The van der Waals surface area contributed by atoms with Crippen LogP contribution in [0.1, 0.15) is 30.4 Å². The Balaban J connectivity index is 1.50. The Hall–Kier alpha value is -2.90. The van der Waals surface area contributed by atoms with Gasteiger partial charge in [-0.3, -0.25) is 9.69 Å². The predicted molar refractivity (Wildman–Crippen MR) is 127 cm³/mol. The number of rotatable bonds is 3. The van der Waals surface area contributed by atoms with Crippen LogP contribution in [0.5, 0.6) is 0 Å². The average Bonchev–Trinajstić information content (AvgIpc) is 3.05. The molecular formula is C24H24F3N5OS. The maximum atomic E-state index is 13.6. The van der Waals surface area contributed by atoms with Crippen LogP contribution < -0.4 is 20.0 Å². The van der Waals surface area contributed by atoms with Gasteiger partial charge >= 0.3 is 6.18 Å². The van der Waals surface area contributed by atoms with E-state index in [2.05, 4.69) is 10.2 Å². The molecule has 2 aromatic carbocycles. The third-order valence-corrected chi connectivity index (χ3v) is 7.50. The van der Waals surface area contributed by atoms with Crippen LogP contribution >= 0.6 is 12.6 Å². The molecule has 1 aliphatic carbocycles. The Kier molecular flexibility index (Phi) is 5.65. The molecule has 0 radical (unpaired) electrons. The van der Waals surface area contributed by atoms with Gasteiger partial charge in [-0.15, -0.1) is 12.6 Å². The molecule has 1 spiro atoms. The van der Waals surface area contributed by atoms with Crippen LogP contribution in [0.4, 0.5) is 30.2 Å². The lowest BCUT2D eigenvalue weighted by Gasteiger charge is -2.44. The van der Waals surface area contributed by atoms with E-state index in [0.29, 0.717) is 12.8 Å². The molecule has 1 amide bonds. The highest BCUT2D eigenvalue weighted by Gasteiger charge is 2.60. The third-order valence-electron chi connectivity index (χ3n) is 7.04. The number of amides is 1. The molecule has 1 atom stereocenters. The van der Waals surface area contributed by atoms with Crippen molar-refractivity contribution < 1.29 is 18.0 Å². The van der Waals surface area contributed by atoms with Gasteiger partial charge in [-0.05, 0) is 61.7 Å². The standard InChI is InChI=1S/C24H24F3N5OS/c25-24(26,27)20-14-19(3-2-16(20)15-28)31-21(33)23(8-1-9-23)32(22(31)34)18-6-4-17(5-7-18)30-12-10-29-11-13-30/h2-7,14,22,29,34H,1,8-13H2. The first kappa shape index (κ1) is 22.9. The van der Waals surface area contributed by atoms with Crippen LogP contribution in [0.2, 0.25) is 0 Å². The average molecular weight is 488 g/mol. The second kappa shape index (κ2) is 8.40. The van der Waals surface area contributed by atoms with Gasteiger partial charge in [0.15, 0.2) is 5.50 Å². The minimum atomic E-state index is -4.70. The number of anilines is 3. The Bertz CT molecular complexity index is 1140. The van der Waals surface area contributed by atoms with E-state index in [1.807, 2.05) is 29.2 Å². The van der Waals surface area contributed by atoms with Gasteiger partial charge < -0.3 is 15.1 Å². The smallest absolute Gasteiger partial charge is 0.369 e. The van der Waals surface area contributed by atoms with E-state index in [1.54, 1.807) is 6.07 Å². The molecule has 1 unspecified atom stereocenters. The van der Waals surface area contributed by atoms with E-state index in [1.165, 1.54) is 11.0 Å². The molecule has 2 heterocycles. The van der Waals surface area contributed by atoms with Crippen molar-refractivity contribution in [1.29, 1.82) is 5.26 Å². The van der Waals surface area contributed by atoms with Gasteiger partial charge in [0.25, 0.3) is 5.91 Å². The summed E-state index contributed by atoms with van der Waals surface area (Å²) < 4.78 is 40.7. The lowest BCUT2D eigenvalue weighted by molar-refractivity contribution is -0.137. The lowest BCUT2D eigenvalue weighted by atomic mass is 9.75. The number of benzene rings is 2. The van der Waals surface area contributed by atoms with E-state index >= 15 is 0 Å². The van der Waals surface area contributed by atoms with Crippen molar-refractivity contribution in [1.82, 2.24) is 5.32 Å². The number of piperazine rings is 1. The number of hydrogen-bond donors (Lipinski definition) is 2. The number of hydrogen-bond acceptors (Lipinski definition) is 6. The quantitative estimate of drug-likeness (QED) is 0.642. The fraction of sp³-hybridized carbons (Fsp3) is 0.417. The monoisotopic (exact) mass is 487 g/mol. The predicted octanol–water partition coefficient (Wildman–Crippen LogP) is 3.98. The molecule has 3 aliphatic rings. The van der Waals surface area contributed by atoms with E-state index in [-0.39, 0.29) is 11.6 Å². The zero-order valence-electron chi connectivity index (χ0n) is 18.3. The van der Waals surface area contributed by atoms with Crippen molar-refractivity contribution in [2.45, 2.75) is 36.5 Å². The van der Waals surface area contributed by atoms with Gasteiger partial charge in [0.05, 0.1) is 17.2 Å². The van der Waals surface area contributed by atoms with Crippen LogP contribution in [0.15, 0.2) is 42.5 Å². The number of thiol groups is 1. The first-order valence-corrected chi connectivity index (χ1v) is 11.8. The van der Waals surface area contributed by atoms with Crippen molar-refractivity contribution in [3.8, 4) is 6.07 Å². The van der Waals surface area contributed by atoms with Gasteiger partial charge in [-0.1, -0.05) is 0 Å². The minimum Gasteiger partial charge on any atom is -0.369 e. The molecule has 3 fully saturated rings. The van der Waals surface area contributed by atoms with Gasteiger partial charge in [0, 0.05) is 43.2 Å². The van der Waals surface area contributed by atoms with Gasteiger partial charge in [0.2, 0.25) is 0 Å². The molecule has 34 heavy (non-hydrogen) atoms. The van der Waals surface area contributed by atoms with E-state index in [0.717, 1.165) is 56.1 Å². The van der Waals surface area contributed by atoms with Crippen LogP contribution in [0, 0.1) is 11.3 Å². The number of alkyl halides is 3. The normalized spacial score (nSPS) is 22.1. The number of nitrogens with zero attached hydrogens (tertiary/aromatic N) is 4. The highest BCUT2D eigenvalue weighted by Crippen LogP contribution is 2.50. The van der Waals surface area contributed by atoms with Crippen LogP contribution in [0.3, 0.4) is 0 Å². The topological polar surface area (TPSA) is 62.6 Å². The maximum absolute atomic E-state index is 13.6. The van der Waals surface area contributed by atoms with E-state index < -0.39 is 28.3 Å². The summed E-state index contributed by atoms with van der Waals surface area (Å²) >= 11 is 4.71. The molecule has 1 saturated carbocycles. The summed E-state index contributed by atoms with van der Waals surface area (Å²) in [5.74, 6) is -0.261. The van der Waals surface area contributed by atoms with Crippen molar-refractivity contribution in [3.63, 3.8) is 0 Å². The number of nitrogens with one attached hydrogen (secondary N) is 1. The zero-order chi connectivity index (χ0) is 24.1. The van der Waals surface area contributed by atoms with Crippen molar-refractivity contribution in [2.24, 2.45) is 0 Å². The van der Waals surface area contributed by atoms with E-state index in [4.69, 9.17) is 17.9 Å². The molecule has 6 nitrogen and oxygen atoms in total. The molecule has 178 valence electrons. The first-order valence-electron chi connectivity index (χ1n) is 11.2. The number of carbonyl (C=O) groups excluding carboxylic acids is 1. The molecule has 0 bridgehead atoms. The number of carbonyl (C=O) groups is 1. The number of halogens is 3. The lowest BCUT2D eigenvalue weighted by Crippen LogP contribution is -2.55. The zero-order valence-corrected chi connectivity index (χ0v) is 19.2. The molecule has 10 heteroatoms. The second-order valence-corrected chi connectivity index (χ2v) is 9.33. The molecule has 0 aromatic heterocycles. The molecule has 2 saturated heterocycles. The molecule has 1 N–H and O–H groups in total. The van der Waals surface area contributed by atoms with Crippen LogP contribution in [-0.4, -0.2) is 43.1 Å². The van der Waals surface area contributed by atoms with Gasteiger partial charge in [-0.25, -0.2) is 0 Å². The number of nitriles is 1. The highest BCUT2D eigenvalue weighted by atomic mass is 32.1. The summed E-state index contributed by atoms with van der Waals surface area (Å²) in [7, 11) is 0. The highest BCUT2D eigenvalue weighted by molar-refractivity contribution is 7.81. The summed E-state index contributed by atoms with van der Waals surface area (Å²) in [5.41, 5.74) is -1.14. The summed E-state index contributed by atoms with van der Waals surface area (Å²) in [6.45, 7) is 3.66. The van der Waals surface area contributed by atoms with Crippen molar-refractivity contribution in [2.75, 3.05) is 40.9 Å². The second-order valence-electron chi connectivity index (χ2n) is 8.87. The van der Waals surface area contributed by atoms with Crippen molar-refractivity contribution >= 4 is 35.6 Å². The largest absolute Gasteiger partial charge is 0.417 e. The van der Waals surface area contributed by atoms with Crippen LogP contribution in [0.25, 0.3) is 0 Å². The fourth-order valence-electron chi connectivity index (χ4n) is 5.13. The van der Waals surface area contributed by atoms with Gasteiger partial charge in [0.1, 0.15) is 5.54 Å². The minimum absolute atomic E-state index is 0.0857. The van der Waals surface area contributed by atoms with E-state index in [9.17, 15) is 18.0 Å². The Morgan fingerprint density at radius 2 is 1.65 bits per heavy atom. The molecular weight excluding hydrogens is 463 g/mol. The fourth-order valence-corrected chi connectivity index (χ4v) is 5.72. The molecule has 2 aliphatic heterocycles. The molecule has 2 aromatic rings. The Labute approximate surface area is 201 Å². The van der Waals surface area contributed by atoms with Crippen LogP contribution in [-0.2, 0) is 11.0 Å². The first-order chi connectivity index (χ1) is 16.3. The summed E-state index contributed by atoms with van der Waals surface area (Å²) in [4.78, 5) is 19.1. The van der Waals surface area contributed by atoms with Crippen molar-refractivity contribution in [3.05, 3.63) is 53.6 Å².